The molecule has 52 heavy (non-hydrogen) atoms. The number of nitrogens with zero attached hydrogens (tertiary/aromatic N) is 5. The molecule has 264 valence electrons. The highest BCUT2D eigenvalue weighted by molar-refractivity contribution is 6.32. The largest absolute Gasteiger partial charge is 0.480 e. The van der Waals surface area contributed by atoms with Crippen molar-refractivity contribution in [2.45, 2.75) is 31.5 Å². The summed E-state index contributed by atoms with van der Waals surface area (Å²) in [6.07, 6.45) is 2.37. The maximum Gasteiger partial charge on any atom is 0.332 e. The van der Waals surface area contributed by atoms with Crippen molar-refractivity contribution < 1.29 is 23.9 Å². The van der Waals surface area contributed by atoms with E-state index in [1.54, 1.807) is 19.1 Å². The van der Waals surface area contributed by atoms with E-state index in [9.17, 15) is 33.9 Å². The lowest BCUT2D eigenvalue weighted by atomic mass is 9.76. The summed E-state index contributed by atoms with van der Waals surface area (Å²) in [7, 11) is 2.81. The van der Waals surface area contributed by atoms with E-state index in [-0.39, 0.29) is 47.2 Å². The molecule has 6 aromatic rings. The standard InChI is InChI=1S/C37H31ClN6O8/c1-18-12-25-22(14-24(18)38)30(45)23(16-52-25)28-26-27(37(40-28,35(49)50)15-19-8-9-20-6-4-5-7-21(20)13-19)33(47)44(32(26)46)11-10-43-17-39-31-29(43)34(48)42(3)36(51)41(31)2/h4-9,12-14,16-17,26-28,40H,10-11,15H2,1-3H3,(H,49,50). The van der Waals surface area contributed by atoms with Crippen molar-refractivity contribution >= 4 is 62.3 Å². The van der Waals surface area contributed by atoms with Gasteiger partial charge in [0.05, 0.1) is 41.4 Å². The number of carboxylic acid groups (broad SMARTS) is 1. The monoisotopic (exact) mass is 722 g/mol. The third-order valence-corrected chi connectivity index (χ3v) is 11.0. The van der Waals surface area contributed by atoms with Crippen molar-refractivity contribution in [1.82, 2.24) is 28.9 Å². The maximum atomic E-state index is 14.5. The van der Waals surface area contributed by atoms with Crippen LogP contribution in [0.15, 0.2) is 86.0 Å². The summed E-state index contributed by atoms with van der Waals surface area (Å²) < 4.78 is 9.46. The van der Waals surface area contributed by atoms with Crippen molar-refractivity contribution in [1.29, 1.82) is 0 Å². The van der Waals surface area contributed by atoms with E-state index in [4.69, 9.17) is 16.0 Å². The predicted octanol–water partition coefficient (Wildman–Crippen LogP) is 2.67. The molecule has 2 aliphatic rings. The number of aryl methyl sites for hydroxylation is 2. The van der Waals surface area contributed by atoms with Gasteiger partial charge in [-0.05, 0) is 41.0 Å². The highest BCUT2D eigenvalue weighted by Gasteiger charge is 2.68. The van der Waals surface area contributed by atoms with E-state index in [2.05, 4.69) is 10.3 Å². The minimum Gasteiger partial charge on any atom is -0.480 e. The van der Waals surface area contributed by atoms with Crippen LogP contribution in [-0.2, 0) is 41.4 Å². The van der Waals surface area contributed by atoms with Crippen LogP contribution in [0.4, 0.5) is 0 Å². The minimum atomic E-state index is -2.01. The van der Waals surface area contributed by atoms with Gasteiger partial charge in [-0.3, -0.25) is 43.3 Å². The number of imidazole rings is 1. The molecule has 2 N–H and O–H groups in total. The molecule has 0 radical (unpaired) electrons. The number of likely N-dealkylation sites (tertiary alicyclic amines) is 1. The Hall–Kier alpha value is -5.86. The van der Waals surface area contributed by atoms with Gasteiger partial charge in [-0.25, -0.2) is 9.78 Å². The van der Waals surface area contributed by atoms with Crippen LogP contribution in [0.25, 0.3) is 32.9 Å². The Labute approximate surface area is 298 Å². The van der Waals surface area contributed by atoms with E-state index >= 15 is 0 Å². The van der Waals surface area contributed by atoms with Gasteiger partial charge in [-0.15, -0.1) is 0 Å². The lowest BCUT2D eigenvalue weighted by Crippen LogP contribution is -2.57. The minimum absolute atomic E-state index is 0.0166. The van der Waals surface area contributed by atoms with E-state index < -0.39 is 57.9 Å². The fraction of sp³-hybridized carbons (Fsp3) is 0.270. The number of halogens is 1. The molecule has 14 nitrogen and oxygen atoms in total. The molecule has 3 aromatic heterocycles. The number of amides is 2. The first-order chi connectivity index (χ1) is 24.8. The summed E-state index contributed by atoms with van der Waals surface area (Å²) in [6.45, 7) is 1.46. The summed E-state index contributed by atoms with van der Waals surface area (Å²) in [5.74, 6) is -5.49. The molecule has 3 aromatic carbocycles. The first-order valence-electron chi connectivity index (χ1n) is 16.5. The van der Waals surface area contributed by atoms with Crippen molar-refractivity contribution in [3.05, 3.63) is 120 Å². The van der Waals surface area contributed by atoms with Gasteiger partial charge in [0.25, 0.3) is 5.56 Å². The van der Waals surface area contributed by atoms with Crippen LogP contribution < -0.4 is 22.0 Å². The van der Waals surface area contributed by atoms with Gasteiger partial charge in [-0.1, -0.05) is 54.1 Å². The summed E-state index contributed by atoms with van der Waals surface area (Å²) in [4.78, 5) is 87.2. The molecule has 2 amide bonds. The molecule has 0 spiro atoms. The van der Waals surface area contributed by atoms with Crippen LogP contribution in [-0.4, -0.2) is 58.6 Å². The summed E-state index contributed by atoms with van der Waals surface area (Å²) in [5, 5.41) is 16.4. The molecular formula is C37H31ClN6O8. The molecule has 8 rings (SSSR count). The molecule has 2 aliphatic heterocycles. The zero-order valence-electron chi connectivity index (χ0n) is 28.1. The van der Waals surface area contributed by atoms with Crippen LogP contribution >= 0.6 is 11.6 Å². The Bertz CT molecular complexity index is 2730. The SMILES string of the molecule is Cc1cc2occ(C3NC(Cc4ccc5ccccc5c4)(C(=O)O)C4C(=O)N(CCn5cnc6c5c(=O)n(C)c(=O)n6C)C(=O)C34)c(=O)c2cc1Cl. The molecular weight excluding hydrogens is 692 g/mol. The average Bonchev–Trinajstić information content (AvgIpc) is 3.78. The Morgan fingerprint density at radius 1 is 0.981 bits per heavy atom. The van der Waals surface area contributed by atoms with Crippen LogP contribution in [0, 0.1) is 18.8 Å². The van der Waals surface area contributed by atoms with Crippen molar-refractivity contribution in [3.63, 3.8) is 0 Å². The number of nitrogens with one attached hydrogen (secondary N) is 1. The van der Waals surface area contributed by atoms with E-state index in [1.807, 2.05) is 36.4 Å². The van der Waals surface area contributed by atoms with Gasteiger partial charge in [0, 0.05) is 38.6 Å². The van der Waals surface area contributed by atoms with Crippen LogP contribution in [0.2, 0.25) is 5.02 Å². The molecule has 0 saturated carbocycles. The zero-order chi connectivity index (χ0) is 36.8. The quantitative estimate of drug-likeness (QED) is 0.233. The number of benzene rings is 3. The van der Waals surface area contributed by atoms with Gasteiger partial charge in [0.1, 0.15) is 11.1 Å². The number of carbonyl (C=O) groups excluding carboxylic acids is 2. The first-order valence-corrected chi connectivity index (χ1v) is 16.9. The third-order valence-electron chi connectivity index (χ3n) is 10.6. The average molecular weight is 723 g/mol. The Morgan fingerprint density at radius 2 is 1.73 bits per heavy atom. The van der Waals surface area contributed by atoms with E-state index in [0.717, 1.165) is 20.2 Å². The number of aromatic nitrogens is 4. The number of fused-ring (bicyclic) bond motifs is 4. The van der Waals surface area contributed by atoms with E-state index in [0.29, 0.717) is 16.1 Å². The number of carboxylic acids is 1. The first kappa shape index (κ1) is 33.3. The lowest BCUT2D eigenvalue weighted by molar-refractivity contribution is -0.151. The highest BCUT2D eigenvalue weighted by Crippen LogP contribution is 2.50. The van der Waals surface area contributed by atoms with Gasteiger partial charge in [-0.2, -0.15) is 0 Å². The topological polar surface area (TPSA) is 179 Å². The molecule has 0 aliphatic carbocycles. The number of hydrogen-bond donors (Lipinski definition) is 2. The maximum absolute atomic E-state index is 14.5. The molecule has 5 heterocycles. The predicted molar refractivity (Wildman–Crippen MR) is 190 cm³/mol. The van der Waals surface area contributed by atoms with Gasteiger partial charge in [0.2, 0.25) is 11.8 Å². The molecule has 15 heteroatoms. The Morgan fingerprint density at radius 3 is 2.48 bits per heavy atom. The molecule has 2 fully saturated rings. The van der Waals surface area contributed by atoms with Crippen LogP contribution in [0.1, 0.15) is 22.7 Å². The Balaban J connectivity index is 1.23. The van der Waals surface area contributed by atoms with Crippen molar-refractivity contribution in [3.8, 4) is 0 Å². The fourth-order valence-electron chi connectivity index (χ4n) is 7.91. The smallest absolute Gasteiger partial charge is 0.332 e. The number of aliphatic carboxylic acids is 1. The normalized spacial score (nSPS) is 21.5. The van der Waals surface area contributed by atoms with E-state index in [1.165, 1.54) is 41.9 Å². The summed E-state index contributed by atoms with van der Waals surface area (Å²) in [5.41, 5.74) is -1.93. The molecule has 4 unspecified atom stereocenters. The Kier molecular flexibility index (Phi) is 7.59. The number of rotatable bonds is 7. The second kappa shape index (κ2) is 11.9. The molecule has 2 saturated heterocycles. The number of imide groups is 1. The molecule has 4 atom stereocenters. The zero-order valence-corrected chi connectivity index (χ0v) is 28.9. The second-order valence-electron chi connectivity index (χ2n) is 13.5. The van der Waals surface area contributed by atoms with Gasteiger partial charge in [0.15, 0.2) is 16.6 Å². The highest BCUT2D eigenvalue weighted by atomic mass is 35.5. The summed E-state index contributed by atoms with van der Waals surface area (Å²) in [6, 6.07) is 14.9. The lowest BCUT2D eigenvalue weighted by Gasteiger charge is -2.31. The second-order valence-corrected chi connectivity index (χ2v) is 13.9. The van der Waals surface area contributed by atoms with Gasteiger partial charge >= 0.3 is 11.7 Å². The van der Waals surface area contributed by atoms with Crippen molar-refractivity contribution in [2.75, 3.05) is 6.54 Å². The van der Waals surface area contributed by atoms with Crippen LogP contribution in [0.5, 0.6) is 0 Å². The van der Waals surface area contributed by atoms with Gasteiger partial charge < -0.3 is 14.1 Å². The molecule has 0 bridgehead atoms. The fourth-order valence-corrected chi connectivity index (χ4v) is 8.07. The van der Waals surface area contributed by atoms with Crippen molar-refractivity contribution in [2.24, 2.45) is 25.9 Å². The van der Waals surface area contributed by atoms with Crippen LogP contribution in [0.3, 0.4) is 0 Å². The summed E-state index contributed by atoms with van der Waals surface area (Å²) >= 11 is 6.37. The number of carbonyl (C=O) groups is 3. The number of hydrogen-bond acceptors (Lipinski definition) is 9. The third kappa shape index (κ3) is 4.78.